The Morgan fingerprint density at radius 2 is 2.04 bits per heavy atom. The highest BCUT2D eigenvalue weighted by Gasteiger charge is 2.31. The molecule has 6 nitrogen and oxygen atoms in total. The van der Waals surface area contributed by atoms with Crippen LogP contribution in [0.25, 0.3) is 0 Å². The summed E-state index contributed by atoms with van der Waals surface area (Å²) in [6, 6.07) is 5.31. The van der Waals surface area contributed by atoms with Gasteiger partial charge in [0.2, 0.25) is 0 Å². The molecule has 0 spiro atoms. The summed E-state index contributed by atoms with van der Waals surface area (Å²) >= 11 is 0. The van der Waals surface area contributed by atoms with Gasteiger partial charge in [0.05, 0.1) is 12.0 Å². The van der Waals surface area contributed by atoms with E-state index in [0.717, 1.165) is 18.4 Å². The maximum absolute atomic E-state index is 12.4. The van der Waals surface area contributed by atoms with Crippen molar-refractivity contribution in [3.8, 4) is 5.75 Å². The molecule has 152 valence electrons. The Hall–Kier alpha value is -1.60. The third-order valence-electron chi connectivity index (χ3n) is 4.93. The molecule has 1 fully saturated rings. The summed E-state index contributed by atoms with van der Waals surface area (Å²) in [6.07, 6.45) is 4.79. The zero-order valence-electron chi connectivity index (χ0n) is 17.3. The van der Waals surface area contributed by atoms with Crippen LogP contribution in [-0.4, -0.2) is 46.9 Å². The molecule has 1 aromatic carbocycles. The lowest BCUT2D eigenvalue weighted by Crippen LogP contribution is -2.39. The molecule has 2 atom stereocenters. The minimum Gasteiger partial charge on any atom is -0.496 e. The average Bonchev–Trinajstić information content (AvgIpc) is 2.56. The second-order valence-corrected chi connectivity index (χ2v) is 10.3. The lowest BCUT2D eigenvalue weighted by Gasteiger charge is -2.39. The first-order valence-electron chi connectivity index (χ1n) is 9.39. The monoisotopic (exact) mass is 395 g/mol. The van der Waals surface area contributed by atoms with Crippen molar-refractivity contribution < 1.29 is 13.2 Å². The van der Waals surface area contributed by atoms with Gasteiger partial charge in [-0.3, -0.25) is 0 Å². The number of hydrogen-bond acceptors (Lipinski definition) is 4. The first-order chi connectivity index (χ1) is 12.5. The number of nitrogens with one attached hydrogen (secondary N) is 1. The van der Waals surface area contributed by atoms with E-state index in [2.05, 4.69) is 30.5 Å². The van der Waals surface area contributed by atoms with Crippen LogP contribution in [0.2, 0.25) is 0 Å². The molecule has 1 N–H and O–H groups in total. The third kappa shape index (κ3) is 6.21. The Labute approximate surface area is 164 Å². The number of methoxy groups -OCH3 is 1. The Bertz CT molecular complexity index is 773. The predicted molar refractivity (Wildman–Crippen MR) is 110 cm³/mol. The van der Waals surface area contributed by atoms with Gasteiger partial charge in [0, 0.05) is 32.2 Å². The second-order valence-electron chi connectivity index (χ2n) is 8.62. The van der Waals surface area contributed by atoms with Crippen LogP contribution in [0.5, 0.6) is 5.75 Å². The molecule has 1 saturated carbocycles. The maximum atomic E-state index is 12.4. The van der Waals surface area contributed by atoms with Crippen molar-refractivity contribution in [2.24, 2.45) is 15.7 Å². The zero-order chi connectivity index (χ0) is 20.2. The zero-order valence-corrected chi connectivity index (χ0v) is 18.1. The lowest BCUT2D eigenvalue weighted by atomic mass is 9.70. The number of sulfonamides is 1. The summed E-state index contributed by atoms with van der Waals surface area (Å²) in [5.74, 6) is 1.36. The lowest BCUT2D eigenvalue weighted by molar-refractivity contribution is 0.150. The molecule has 1 aliphatic carbocycles. The van der Waals surface area contributed by atoms with E-state index in [-0.39, 0.29) is 4.90 Å². The van der Waals surface area contributed by atoms with Crippen LogP contribution >= 0.6 is 0 Å². The van der Waals surface area contributed by atoms with Gasteiger partial charge in [0.25, 0.3) is 10.0 Å². The van der Waals surface area contributed by atoms with Crippen molar-refractivity contribution >= 4 is 16.4 Å². The van der Waals surface area contributed by atoms with Gasteiger partial charge in [0.15, 0.2) is 0 Å². The van der Waals surface area contributed by atoms with Crippen molar-refractivity contribution in [3.05, 3.63) is 23.8 Å². The van der Waals surface area contributed by atoms with Gasteiger partial charge in [0.1, 0.15) is 12.1 Å². The Kier molecular flexibility index (Phi) is 6.92. The summed E-state index contributed by atoms with van der Waals surface area (Å²) in [5, 5.41) is 3.61. The fraction of sp³-hybridized carbons (Fsp3) is 0.650. The van der Waals surface area contributed by atoms with E-state index < -0.39 is 10.0 Å². The minimum atomic E-state index is -3.73. The molecule has 0 bridgehead atoms. The molecule has 7 heteroatoms. The van der Waals surface area contributed by atoms with Gasteiger partial charge in [-0.25, -0.2) is 0 Å². The van der Waals surface area contributed by atoms with Crippen molar-refractivity contribution in [1.82, 2.24) is 10.2 Å². The van der Waals surface area contributed by atoms with Gasteiger partial charge in [-0.1, -0.05) is 20.8 Å². The van der Waals surface area contributed by atoms with Crippen molar-refractivity contribution in [2.45, 2.75) is 57.5 Å². The summed E-state index contributed by atoms with van der Waals surface area (Å²) in [7, 11) is 1.33. The highest BCUT2D eigenvalue weighted by Crippen LogP contribution is 2.38. The van der Waals surface area contributed by atoms with E-state index in [1.807, 2.05) is 0 Å². The number of benzene rings is 1. The fourth-order valence-electron chi connectivity index (χ4n) is 4.03. The number of ether oxygens (including phenoxy) is 1. The average molecular weight is 396 g/mol. The van der Waals surface area contributed by atoms with Gasteiger partial charge in [-0.2, -0.15) is 8.42 Å². The molecule has 0 saturated heterocycles. The molecule has 1 aromatic rings. The van der Waals surface area contributed by atoms with E-state index in [9.17, 15) is 8.42 Å². The molecule has 2 unspecified atom stereocenters. The molecular formula is C20H33N3O3S. The second kappa shape index (κ2) is 8.61. The third-order valence-corrected chi connectivity index (χ3v) is 6.16. The van der Waals surface area contributed by atoms with E-state index in [4.69, 9.17) is 4.74 Å². The predicted octanol–water partition coefficient (Wildman–Crippen LogP) is 3.28. The van der Waals surface area contributed by atoms with Gasteiger partial charge in [-0.05, 0) is 48.8 Å². The molecule has 0 heterocycles. The highest BCUT2D eigenvalue weighted by molar-refractivity contribution is 7.90. The number of rotatable bonds is 7. The molecule has 0 radical (unpaired) electrons. The number of hydrogen-bond donors (Lipinski definition) is 1. The van der Waals surface area contributed by atoms with Crippen LogP contribution < -0.4 is 10.1 Å². The van der Waals surface area contributed by atoms with Crippen LogP contribution in [0.4, 0.5) is 0 Å². The normalized spacial score (nSPS) is 22.7. The molecule has 1 aliphatic rings. The van der Waals surface area contributed by atoms with E-state index in [1.165, 1.54) is 18.8 Å². The smallest absolute Gasteiger partial charge is 0.283 e. The van der Waals surface area contributed by atoms with Gasteiger partial charge < -0.3 is 15.0 Å². The first kappa shape index (κ1) is 21.7. The summed E-state index contributed by atoms with van der Waals surface area (Å²) < 4.78 is 34.0. The van der Waals surface area contributed by atoms with Crippen molar-refractivity contribution in [1.29, 1.82) is 0 Å². The summed E-state index contributed by atoms with van der Waals surface area (Å²) in [6.45, 7) is 7.49. The first-order valence-corrected chi connectivity index (χ1v) is 10.8. The number of nitrogens with zero attached hydrogens (tertiary/aromatic N) is 2. The SMILES string of the molecule is COc1ccc(S(=O)(=O)/N=C/N(C)C)cc1CNC1CC(C)CC(C)(C)C1. The topological polar surface area (TPSA) is 71.0 Å². The standard InChI is InChI=1S/C20H33N3O3S/c1-15-9-17(12-20(2,3)11-15)21-13-16-10-18(7-8-19(16)26-6)27(24,25)22-14-23(4)5/h7-8,10,14-15,17,21H,9,11-13H2,1-6H3/b22-14+. The van der Waals surface area contributed by atoms with Crippen molar-refractivity contribution in [2.75, 3.05) is 21.2 Å². The quantitative estimate of drug-likeness (QED) is 0.567. The summed E-state index contributed by atoms with van der Waals surface area (Å²) in [5.41, 5.74) is 1.15. The molecule has 0 aliphatic heterocycles. The van der Waals surface area contributed by atoms with Crippen LogP contribution in [0, 0.1) is 11.3 Å². The molecule has 0 amide bonds. The largest absolute Gasteiger partial charge is 0.496 e. The van der Waals surface area contributed by atoms with E-state index >= 15 is 0 Å². The molecule has 0 aromatic heterocycles. The van der Waals surface area contributed by atoms with Crippen LogP contribution in [-0.2, 0) is 16.6 Å². The van der Waals surface area contributed by atoms with Crippen LogP contribution in [0.3, 0.4) is 0 Å². The Morgan fingerprint density at radius 3 is 2.63 bits per heavy atom. The molecular weight excluding hydrogens is 362 g/mol. The van der Waals surface area contributed by atoms with Crippen LogP contribution in [0.15, 0.2) is 27.5 Å². The molecule has 2 rings (SSSR count). The van der Waals surface area contributed by atoms with Crippen molar-refractivity contribution in [3.63, 3.8) is 0 Å². The van der Waals surface area contributed by atoms with Crippen LogP contribution in [0.1, 0.15) is 45.6 Å². The van der Waals surface area contributed by atoms with Gasteiger partial charge in [-0.15, -0.1) is 4.40 Å². The fourth-order valence-corrected chi connectivity index (χ4v) is 4.99. The highest BCUT2D eigenvalue weighted by atomic mass is 32.2. The van der Waals surface area contributed by atoms with E-state index in [1.54, 1.807) is 38.2 Å². The maximum Gasteiger partial charge on any atom is 0.283 e. The summed E-state index contributed by atoms with van der Waals surface area (Å²) in [4.78, 5) is 1.77. The Morgan fingerprint density at radius 1 is 1.33 bits per heavy atom. The molecule has 27 heavy (non-hydrogen) atoms. The van der Waals surface area contributed by atoms with Gasteiger partial charge >= 0.3 is 0 Å². The Balaban J connectivity index is 2.18. The minimum absolute atomic E-state index is 0.176. The van der Waals surface area contributed by atoms with E-state index in [0.29, 0.717) is 29.7 Å².